The van der Waals surface area contributed by atoms with Gasteiger partial charge in [-0.1, -0.05) is 24.3 Å². The molecule has 130 valence electrons. The first-order chi connectivity index (χ1) is 12.1. The number of fused-ring (bicyclic) bond motifs is 1. The molecule has 1 fully saturated rings. The molecule has 0 saturated heterocycles. The molecule has 4 heteroatoms. The Bertz CT molecular complexity index is 864. The molecule has 4 nitrogen and oxygen atoms in total. The summed E-state index contributed by atoms with van der Waals surface area (Å²) in [5.74, 6) is 0.552. The summed E-state index contributed by atoms with van der Waals surface area (Å²) in [6.07, 6.45) is 6.38. The molecule has 1 unspecified atom stereocenters. The van der Waals surface area contributed by atoms with Crippen molar-refractivity contribution < 1.29 is 4.79 Å². The van der Waals surface area contributed by atoms with Crippen LogP contribution in [0.4, 0.5) is 0 Å². The second kappa shape index (κ2) is 6.51. The number of hydrogen-bond donors (Lipinski definition) is 2. The predicted molar refractivity (Wildman–Crippen MR) is 98.0 cm³/mol. The van der Waals surface area contributed by atoms with Crippen molar-refractivity contribution in [1.82, 2.24) is 10.3 Å². The summed E-state index contributed by atoms with van der Waals surface area (Å²) >= 11 is 0. The molecule has 2 aliphatic rings. The van der Waals surface area contributed by atoms with Crippen molar-refractivity contribution in [3.05, 3.63) is 68.6 Å². The van der Waals surface area contributed by atoms with Gasteiger partial charge in [-0.25, -0.2) is 0 Å². The largest absolute Gasteiger partial charge is 0.346 e. The first-order valence-corrected chi connectivity index (χ1v) is 9.27. The summed E-state index contributed by atoms with van der Waals surface area (Å²) in [7, 11) is 0. The van der Waals surface area contributed by atoms with E-state index < -0.39 is 0 Å². The van der Waals surface area contributed by atoms with Crippen LogP contribution in [0, 0.1) is 0 Å². The molecular formula is C21H24N2O2. The van der Waals surface area contributed by atoms with E-state index in [4.69, 9.17) is 0 Å². The number of hydrogen-bond acceptors (Lipinski definition) is 2. The Morgan fingerprint density at radius 3 is 2.80 bits per heavy atom. The third kappa shape index (κ3) is 3.39. The smallest absolute Gasteiger partial charge is 0.252 e. The van der Waals surface area contributed by atoms with Crippen LogP contribution >= 0.6 is 0 Å². The maximum Gasteiger partial charge on any atom is 0.252 e. The minimum absolute atomic E-state index is 0.0790. The summed E-state index contributed by atoms with van der Waals surface area (Å²) in [5, 5.41) is 3.08. The number of amides is 1. The van der Waals surface area contributed by atoms with Gasteiger partial charge in [0.2, 0.25) is 5.56 Å². The Hall–Kier alpha value is -2.36. The summed E-state index contributed by atoms with van der Waals surface area (Å²) in [6, 6.07) is 9.88. The van der Waals surface area contributed by atoms with Gasteiger partial charge in [0.1, 0.15) is 0 Å². The highest BCUT2D eigenvalue weighted by Crippen LogP contribution is 2.40. The second-order valence-corrected chi connectivity index (χ2v) is 7.35. The van der Waals surface area contributed by atoms with E-state index in [-0.39, 0.29) is 17.5 Å². The van der Waals surface area contributed by atoms with Gasteiger partial charge < -0.3 is 10.3 Å². The third-order valence-electron chi connectivity index (χ3n) is 5.39. The van der Waals surface area contributed by atoms with Gasteiger partial charge in [0.15, 0.2) is 0 Å². The predicted octanol–water partition coefficient (Wildman–Crippen LogP) is 3.62. The maximum absolute atomic E-state index is 12.8. The zero-order chi connectivity index (χ0) is 17.4. The molecule has 1 heterocycles. The number of carbonyl (C=O) groups is 1. The zero-order valence-corrected chi connectivity index (χ0v) is 14.6. The average Bonchev–Trinajstić information content (AvgIpc) is 3.46. The minimum Gasteiger partial charge on any atom is -0.346 e. The molecule has 0 bridgehead atoms. The van der Waals surface area contributed by atoms with Crippen LogP contribution in [0.5, 0.6) is 0 Å². The van der Waals surface area contributed by atoms with Crippen molar-refractivity contribution in [2.45, 2.75) is 57.4 Å². The summed E-state index contributed by atoms with van der Waals surface area (Å²) in [5.41, 5.74) is 4.80. The van der Waals surface area contributed by atoms with Crippen molar-refractivity contribution in [2.24, 2.45) is 0 Å². The van der Waals surface area contributed by atoms with Crippen LogP contribution in [0.2, 0.25) is 0 Å². The quantitative estimate of drug-likeness (QED) is 0.896. The first-order valence-electron chi connectivity index (χ1n) is 9.27. The Balaban J connectivity index is 1.56. The Kier molecular flexibility index (Phi) is 4.20. The van der Waals surface area contributed by atoms with E-state index in [1.807, 2.05) is 6.92 Å². The van der Waals surface area contributed by atoms with E-state index in [9.17, 15) is 9.59 Å². The number of carbonyl (C=O) groups excluding carboxylic acids is 1. The lowest BCUT2D eigenvalue weighted by Gasteiger charge is -2.20. The summed E-state index contributed by atoms with van der Waals surface area (Å²) in [6.45, 7) is 2.00. The van der Waals surface area contributed by atoms with Crippen molar-refractivity contribution in [2.75, 3.05) is 0 Å². The molecule has 1 atom stereocenters. The normalized spacial score (nSPS) is 17.6. The SMILES string of the molecule is CC(NC(=O)c1cc(=O)[nH]c2c1CCCC2)c1cccc(C2CC2)c1. The molecule has 2 N–H and O–H groups in total. The van der Waals surface area contributed by atoms with E-state index in [2.05, 4.69) is 34.6 Å². The maximum atomic E-state index is 12.8. The van der Waals surface area contributed by atoms with Gasteiger partial charge in [0.05, 0.1) is 6.04 Å². The van der Waals surface area contributed by atoms with Crippen LogP contribution in [0.1, 0.15) is 77.3 Å². The fourth-order valence-electron chi connectivity index (χ4n) is 3.80. The van der Waals surface area contributed by atoms with Crippen molar-refractivity contribution in [1.29, 1.82) is 0 Å². The number of pyridine rings is 1. The summed E-state index contributed by atoms with van der Waals surface area (Å²) < 4.78 is 0. The highest BCUT2D eigenvalue weighted by Gasteiger charge is 2.24. The molecule has 4 rings (SSSR count). The zero-order valence-electron chi connectivity index (χ0n) is 14.6. The number of aryl methyl sites for hydroxylation is 1. The van der Waals surface area contributed by atoms with Crippen molar-refractivity contribution >= 4 is 5.91 Å². The second-order valence-electron chi connectivity index (χ2n) is 7.35. The fourth-order valence-corrected chi connectivity index (χ4v) is 3.80. The fraction of sp³-hybridized carbons (Fsp3) is 0.429. The third-order valence-corrected chi connectivity index (χ3v) is 5.39. The highest BCUT2D eigenvalue weighted by atomic mass is 16.2. The lowest BCUT2D eigenvalue weighted by molar-refractivity contribution is 0.0938. The van der Waals surface area contributed by atoms with Crippen LogP contribution in [-0.2, 0) is 12.8 Å². The van der Waals surface area contributed by atoms with E-state index in [0.717, 1.165) is 42.5 Å². The number of aromatic nitrogens is 1. The van der Waals surface area contributed by atoms with Crippen molar-refractivity contribution in [3.8, 4) is 0 Å². The Morgan fingerprint density at radius 2 is 2.00 bits per heavy atom. The highest BCUT2D eigenvalue weighted by molar-refractivity contribution is 5.96. The van der Waals surface area contributed by atoms with Crippen LogP contribution < -0.4 is 10.9 Å². The molecule has 0 aliphatic heterocycles. The number of H-pyrrole nitrogens is 1. The minimum atomic E-state index is -0.186. The van der Waals surface area contributed by atoms with E-state index >= 15 is 0 Å². The van der Waals surface area contributed by atoms with Gasteiger partial charge in [-0.05, 0) is 68.1 Å². The lowest BCUT2D eigenvalue weighted by Crippen LogP contribution is -2.30. The molecule has 0 spiro atoms. The van der Waals surface area contributed by atoms with Gasteiger partial charge in [0, 0.05) is 17.3 Å². The summed E-state index contributed by atoms with van der Waals surface area (Å²) in [4.78, 5) is 27.6. The number of aromatic amines is 1. The molecule has 2 aromatic rings. The van der Waals surface area contributed by atoms with Gasteiger partial charge in [-0.15, -0.1) is 0 Å². The number of rotatable bonds is 4. The molecule has 1 saturated carbocycles. The van der Waals surface area contributed by atoms with Gasteiger partial charge in [-0.3, -0.25) is 9.59 Å². The lowest BCUT2D eigenvalue weighted by atomic mass is 9.91. The van der Waals surface area contributed by atoms with Crippen molar-refractivity contribution in [3.63, 3.8) is 0 Å². The van der Waals surface area contributed by atoms with Gasteiger partial charge in [-0.2, -0.15) is 0 Å². The molecule has 1 aromatic carbocycles. The van der Waals surface area contributed by atoms with E-state index in [1.165, 1.54) is 24.5 Å². The van der Waals surface area contributed by atoms with E-state index in [1.54, 1.807) is 0 Å². The van der Waals surface area contributed by atoms with Crippen LogP contribution in [0.15, 0.2) is 35.1 Å². The monoisotopic (exact) mass is 336 g/mol. The molecule has 25 heavy (non-hydrogen) atoms. The van der Waals surface area contributed by atoms with E-state index in [0.29, 0.717) is 11.5 Å². The van der Waals surface area contributed by atoms with Crippen LogP contribution in [0.3, 0.4) is 0 Å². The van der Waals surface area contributed by atoms with Crippen LogP contribution in [-0.4, -0.2) is 10.9 Å². The molecule has 1 aromatic heterocycles. The Labute approximate surface area is 147 Å². The molecular weight excluding hydrogens is 312 g/mol. The molecule has 0 radical (unpaired) electrons. The number of nitrogens with one attached hydrogen (secondary N) is 2. The van der Waals surface area contributed by atoms with Crippen LogP contribution in [0.25, 0.3) is 0 Å². The molecule has 1 amide bonds. The van der Waals surface area contributed by atoms with Gasteiger partial charge >= 0.3 is 0 Å². The standard InChI is InChI=1S/C21H24N2O2/c1-13(15-5-4-6-16(11-15)14-9-10-14)22-21(25)18-12-20(24)23-19-8-3-2-7-17(18)19/h4-6,11-14H,2-3,7-10H2,1H3,(H,22,25)(H,23,24). The number of benzene rings is 1. The molecule has 2 aliphatic carbocycles. The average molecular weight is 336 g/mol. The topological polar surface area (TPSA) is 62.0 Å². The Morgan fingerprint density at radius 1 is 1.20 bits per heavy atom. The first kappa shape index (κ1) is 16.1. The van der Waals surface area contributed by atoms with Gasteiger partial charge in [0.25, 0.3) is 5.91 Å².